The van der Waals surface area contributed by atoms with Crippen molar-refractivity contribution < 1.29 is 23.4 Å². The summed E-state index contributed by atoms with van der Waals surface area (Å²) >= 11 is 0. The van der Waals surface area contributed by atoms with Gasteiger partial charge in [-0.05, 0) is 17.2 Å². The first-order valence-electron chi connectivity index (χ1n) is 4.94. The Balaban J connectivity index is 2.67. The largest absolute Gasteiger partial charge is 0.478 e. The number of rotatable bonds is 6. The average Bonchev–Trinajstić information content (AvgIpc) is 2.27. The van der Waals surface area contributed by atoms with E-state index in [-0.39, 0.29) is 6.61 Å². The number of hydrogen-bond acceptors (Lipinski definition) is 2. The Morgan fingerprint density at radius 2 is 2.12 bits per heavy atom. The van der Waals surface area contributed by atoms with E-state index >= 15 is 0 Å². The Morgan fingerprint density at radius 3 is 2.76 bits per heavy atom. The van der Waals surface area contributed by atoms with Crippen LogP contribution in [0.3, 0.4) is 0 Å². The summed E-state index contributed by atoms with van der Waals surface area (Å²) in [5.41, 5.74) is 1.31. The Labute approximate surface area is 97.3 Å². The molecule has 0 aliphatic heterocycles. The van der Waals surface area contributed by atoms with E-state index in [2.05, 4.69) is 0 Å². The van der Waals surface area contributed by atoms with Crippen LogP contribution in [0, 0.1) is 0 Å². The van der Waals surface area contributed by atoms with E-state index in [1.54, 1.807) is 24.3 Å². The minimum Gasteiger partial charge on any atom is -0.478 e. The van der Waals surface area contributed by atoms with E-state index in [4.69, 9.17) is 9.84 Å². The predicted molar refractivity (Wildman–Crippen MR) is 58.8 cm³/mol. The van der Waals surface area contributed by atoms with E-state index in [9.17, 15) is 13.6 Å². The van der Waals surface area contributed by atoms with Crippen LogP contribution >= 0.6 is 0 Å². The molecule has 0 saturated carbocycles. The Bertz CT molecular complexity index is 402. The monoisotopic (exact) mass is 242 g/mol. The molecule has 0 fully saturated rings. The first kappa shape index (κ1) is 13.3. The van der Waals surface area contributed by atoms with E-state index in [1.807, 2.05) is 0 Å². The van der Waals surface area contributed by atoms with E-state index in [0.29, 0.717) is 11.1 Å². The van der Waals surface area contributed by atoms with Gasteiger partial charge in [-0.3, -0.25) is 0 Å². The number of alkyl halides is 2. The van der Waals surface area contributed by atoms with Gasteiger partial charge in [0.2, 0.25) is 0 Å². The maximum absolute atomic E-state index is 11.9. The average molecular weight is 242 g/mol. The molecule has 0 unspecified atom stereocenters. The lowest BCUT2D eigenvalue weighted by Crippen LogP contribution is -2.04. The number of ether oxygens (including phenoxy) is 1. The Kier molecular flexibility index (Phi) is 5.29. The molecule has 0 aliphatic carbocycles. The molecule has 0 atom stereocenters. The highest BCUT2D eigenvalue weighted by Gasteiger charge is 2.04. The summed E-state index contributed by atoms with van der Waals surface area (Å²) in [7, 11) is 0. The number of halogens is 2. The van der Waals surface area contributed by atoms with Gasteiger partial charge in [0.1, 0.15) is 6.61 Å². The van der Waals surface area contributed by atoms with Crippen molar-refractivity contribution >= 4 is 12.0 Å². The van der Waals surface area contributed by atoms with E-state index in [0.717, 1.165) is 6.08 Å². The molecule has 0 amide bonds. The molecule has 5 heteroatoms. The summed E-state index contributed by atoms with van der Waals surface area (Å²) in [4.78, 5) is 10.4. The van der Waals surface area contributed by atoms with E-state index < -0.39 is 19.0 Å². The zero-order valence-electron chi connectivity index (χ0n) is 8.98. The number of benzene rings is 1. The molecule has 1 rings (SSSR count). The standard InChI is InChI=1S/C12H12F2O3/c13-11(14)8-17-7-10-4-2-1-3-9(10)5-6-12(15)16/h1-6,11H,7-8H2,(H,15,16)/b6-5+. The number of carboxylic acid groups (broad SMARTS) is 1. The van der Waals surface area contributed by atoms with Crippen LogP contribution in [0.25, 0.3) is 6.08 Å². The molecule has 3 nitrogen and oxygen atoms in total. The van der Waals surface area contributed by atoms with E-state index in [1.165, 1.54) is 6.08 Å². The Hall–Kier alpha value is -1.75. The lowest BCUT2D eigenvalue weighted by Gasteiger charge is -2.06. The molecule has 0 spiro atoms. The summed E-state index contributed by atoms with van der Waals surface area (Å²) in [6, 6.07) is 6.87. The summed E-state index contributed by atoms with van der Waals surface area (Å²) < 4.78 is 28.5. The fourth-order valence-electron chi connectivity index (χ4n) is 1.25. The van der Waals surface area contributed by atoms with Crippen molar-refractivity contribution in [2.75, 3.05) is 6.61 Å². The van der Waals surface area contributed by atoms with Crippen molar-refractivity contribution in [1.29, 1.82) is 0 Å². The molecule has 0 heterocycles. The molecule has 0 radical (unpaired) electrons. The van der Waals surface area contributed by atoms with Crippen LogP contribution in [0.4, 0.5) is 8.78 Å². The molecular weight excluding hydrogens is 230 g/mol. The van der Waals surface area contributed by atoms with Crippen molar-refractivity contribution in [2.24, 2.45) is 0 Å². The third-order valence-electron chi connectivity index (χ3n) is 1.96. The lowest BCUT2D eigenvalue weighted by atomic mass is 10.1. The predicted octanol–water partition coefficient (Wildman–Crippen LogP) is 2.57. The quantitative estimate of drug-likeness (QED) is 0.780. The van der Waals surface area contributed by atoms with Gasteiger partial charge < -0.3 is 9.84 Å². The summed E-state index contributed by atoms with van der Waals surface area (Å²) in [6.45, 7) is -0.596. The first-order valence-corrected chi connectivity index (χ1v) is 4.94. The van der Waals surface area contributed by atoms with Crippen LogP contribution < -0.4 is 0 Å². The molecular formula is C12H12F2O3. The van der Waals surface area contributed by atoms with Gasteiger partial charge in [-0.2, -0.15) is 0 Å². The van der Waals surface area contributed by atoms with Gasteiger partial charge in [0.05, 0.1) is 6.61 Å². The van der Waals surface area contributed by atoms with Gasteiger partial charge in [-0.15, -0.1) is 0 Å². The van der Waals surface area contributed by atoms with Crippen LogP contribution in [-0.4, -0.2) is 24.1 Å². The highest BCUT2D eigenvalue weighted by atomic mass is 19.3. The van der Waals surface area contributed by atoms with Gasteiger partial charge in [-0.25, -0.2) is 13.6 Å². The number of carbonyl (C=O) groups is 1. The Morgan fingerprint density at radius 1 is 1.41 bits per heavy atom. The first-order chi connectivity index (χ1) is 8.09. The van der Waals surface area contributed by atoms with Gasteiger partial charge in [0, 0.05) is 6.08 Å². The molecule has 1 aromatic rings. The number of aliphatic carboxylic acids is 1. The molecule has 0 bridgehead atoms. The topological polar surface area (TPSA) is 46.5 Å². The molecule has 17 heavy (non-hydrogen) atoms. The van der Waals surface area contributed by atoms with Crippen LogP contribution in [0.1, 0.15) is 11.1 Å². The summed E-state index contributed by atoms with van der Waals surface area (Å²) in [5.74, 6) is -1.06. The second-order valence-electron chi connectivity index (χ2n) is 3.28. The number of hydrogen-bond donors (Lipinski definition) is 1. The van der Waals surface area contributed by atoms with Crippen LogP contribution in [-0.2, 0) is 16.1 Å². The summed E-state index contributed by atoms with van der Waals surface area (Å²) in [5, 5.41) is 8.50. The zero-order valence-corrected chi connectivity index (χ0v) is 8.98. The van der Waals surface area contributed by atoms with Crippen LogP contribution in [0.5, 0.6) is 0 Å². The van der Waals surface area contributed by atoms with Crippen molar-refractivity contribution in [3.8, 4) is 0 Å². The third kappa shape index (κ3) is 5.21. The van der Waals surface area contributed by atoms with Gasteiger partial charge in [0.25, 0.3) is 6.43 Å². The summed E-state index contributed by atoms with van der Waals surface area (Å²) in [6.07, 6.45) is -0.105. The number of carboxylic acids is 1. The smallest absolute Gasteiger partial charge is 0.328 e. The van der Waals surface area contributed by atoms with Crippen molar-refractivity contribution in [2.45, 2.75) is 13.0 Å². The maximum atomic E-state index is 11.9. The van der Waals surface area contributed by atoms with Crippen molar-refractivity contribution in [1.82, 2.24) is 0 Å². The van der Waals surface area contributed by atoms with Crippen molar-refractivity contribution in [3.63, 3.8) is 0 Å². The minimum atomic E-state index is -2.50. The highest BCUT2D eigenvalue weighted by Crippen LogP contribution is 2.12. The second-order valence-corrected chi connectivity index (χ2v) is 3.28. The zero-order chi connectivity index (χ0) is 12.7. The molecule has 1 N–H and O–H groups in total. The molecule has 0 aromatic heterocycles. The fourth-order valence-corrected chi connectivity index (χ4v) is 1.25. The maximum Gasteiger partial charge on any atom is 0.328 e. The van der Waals surface area contributed by atoms with Crippen LogP contribution in [0.15, 0.2) is 30.3 Å². The molecule has 0 saturated heterocycles. The SMILES string of the molecule is O=C(O)/C=C/c1ccccc1COCC(F)F. The second kappa shape index (κ2) is 6.75. The molecule has 1 aromatic carbocycles. The normalized spacial score (nSPS) is 11.2. The molecule has 92 valence electrons. The van der Waals surface area contributed by atoms with Gasteiger partial charge >= 0.3 is 5.97 Å². The third-order valence-corrected chi connectivity index (χ3v) is 1.96. The lowest BCUT2D eigenvalue weighted by molar-refractivity contribution is -0.131. The van der Waals surface area contributed by atoms with Gasteiger partial charge in [-0.1, -0.05) is 24.3 Å². The molecule has 0 aliphatic rings. The highest BCUT2D eigenvalue weighted by molar-refractivity contribution is 5.85. The van der Waals surface area contributed by atoms with Crippen LogP contribution in [0.2, 0.25) is 0 Å². The fraction of sp³-hybridized carbons (Fsp3) is 0.250. The van der Waals surface area contributed by atoms with Crippen molar-refractivity contribution in [3.05, 3.63) is 41.5 Å². The van der Waals surface area contributed by atoms with Gasteiger partial charge in [0.15, 0.2) is 0 Å². The minimum absolute atomic E-state index is 0.0322.